The lowest BCUT2D eigenvalue weighted by Gasteiger charge is -2.18. The summed E-state index contributed by atoms with van der Waals surface area (Å²) in [6, 6.07) is 0. The van der Waals surface area contributed by atoms with Gasteiger partial charge in [-0.2, -0.15) is 0 Å². The molecule has 1 unspecified atom stereocenters. The number of hydrogen-bond acceptors (Lipinski definition) is 6. The minimum absolute atomic E-state index is 0.0915. The van der Waals surface area contributed by atoms with E-state index in [9.17, 15) is 14.4 Å². The molecular weight excluding hydrogens is 937 g/mol. The van der Waals surface area contributed by atoms with Gasteiger partial charge < -0.3 is 14.2 Å². The number of ether oxygens (including phenoxy) is 3. The van der Waals surface area contributed by atoms with Gasteiger partial charge in [0.1, 0.15) is 13.2 Å². The van der Waals surface area contributed by atoms with Gasteiger partial charge in [0.25, 0.3) is 0 Å². The maximum absolute atomic E-state index is 12.9. The Morgan fingerprint density at radius 1 is 0.276 bits per heavy atom. The Balaban J connectivity index is 4.38. The molecule has 1 atom stereocenters. The van der Waals surface area contributed by atoms with Gasteiger partial charge >= 0.3 is 17.9 Å². The largest absolute Gasteiger partial charge is 0.462 e. The van der Waals surface area contributed by atoms with Gasteiger partial charge in [0.15, 0.2) is 6.10 Å². The Bertz CT molecular complexity index is 1540. The molecule has 0 N–H and O–H groups in total. The average Bonchev–Trinajstić information content (AvgIpc) is 3.42. The summed E-state index contributed by atoms with van der Waals surface area (Å²) >= 11 is 0. The van der Waals surface area contributed by atoms with Gasteiger partial charge in [-0.1, -0.05) is 265 Å². The summed E-state index contributed by atoms with van der Waals surface area (Å²) in [5.41, 5.74) is 0. The van der Waals surface area contributed by atoms with E-state index in [2.05, 4.69) is 130 Å². The first-order valence-electron chi connectivity index (χ1n) is 31.9. The third-order valence-corrected chi connectivity index (χ3v) is 13.5. The van der Waals surface area contributed by atoms with Gasteiger partial charge in [0.2, 0.25) is 0 Å². The molecule has 0 aromatic carbocycles. The summed E-state index contributed by atoms with van der Waals surface area (Å²) in [4.78, 5) is 38.3. The molecule has 0 aromatic rings. The molecule has 0 aliphatic heterocycles. The van der Waals surface area contributed by atoms with Crippen molar-refractivity contribution in [2.75, 3.05) is 13.2 Å². The van der Waals surface area contributed by atoms with E-state index in [1.54, 1.807) is 0 Å². The Morgan fingerprint density at radius 3 is 0.842 bits per heavy atom. The minimum atomic E-state index is -0.797. The van der Waals surface area contributed by atoms with E-state index < -0.39 is 6.10 Å². The van der Waals surface area contributed by atoms with E-state index in [-0.39, 0.29) is 31.1 Å². The standard InChI is InChI=1S/C70H118O6/c1-4-7-10-13-16-19-22-25-28-30-32-33-34-35-36-37-39-40-42-45-48-51-54-57-60-63-69(72)75-66-67(65-74-68(71)62-59-56-53-50-47-44-27-24-21-18-15-12-9-6-3)76-70(73)64-61-58-55-52-49-46-43-41-38-31-29-26-23-20-17-14-11-8-5-2/h8,11,15,17-18,20,22,24-27,29-30,32,34-35,38,41,67H,4-7,9-10,12-14,16,19,21,23,28,31,33,36-37,39-40,42-66H2,1-3H3/b11-8-,18-15-,20-17-,25-22-,27-24-,29-26-,32-30-,35-34-,41-38-. The fourth-order valence-corrected chi connectivity index (χ4v) is 8.69. The van der Waals surface area contributed by atoms with Crippen LogP contribution in [0, 0.1) is 0 Å². The van der Waals surface area contributed by atoms with Crippen LogP contribution in [0.3, 0.4) is 0 Å². The number of allylic oxidation sites excluding steroid dienone is 18. The summed E-state index contributed by atoms with van der Waals surface area (Å²) in [6.45, 7) is 6.46. The summed E-state index contributed by atoms with van der Waals surface area (Å²) < 4.78 is 16.9. The first-order chi connectivity index (χ1) is 37.5. The van der Waals surface area contributed by atoms with Crippen molar-refractivity contribution in [2.24, 2.45) is 0 Å². The second kappa shape index (κ2) is 63.6. The van der Waals surface area contributed by atoms with Crippen LogP contribution in [0.2, 0.25) is 0 Å². The van der Waals surface area contributed by atoms with Crippen LogP contribution in [0.4, 0.5) is 0 Å². The van der Waals surface area contributed by atoms with Gasteiger partial charge in [0, 0.05) is 19.3 Å². The van der Waals surface area contributed by atoms with Gasteiger partial charge in [-0.3, -0.25) is 14.4 Å². The van der Waals surface area contributed by atoms with Crippen LogP contribution in [0.1, 0.15) is 297 Å². The van der Waals surface area contributed by atoms with Crippen molar-refractivity contribution in [1.82, 2.24) is 0 Å². The molecule has 0 saturated carbocycles. The normalized spacial score (nSPS) is 12.8. The number of hydrogen-bond donors (Lipinski definition) is 0. The summed E-state index contributed by atoms with van der Waals surface area (Å²) in [5.74, 6) is -0.918. The summed E-state index contributed by atoms with van der Waals surface area (Å²) in [5, 5.41) is 0. The predicted molar refractivity (Wildman–Crippen MR) is 330 cm³/mol. The molecule has 0 saturated heterocycles. The lowest BCUT2D eigenvalue weighted by Crippen LogP contribution is -2.30. The Kier molecular flexibility index (Phi) is 60.3. The molecule has 0 spiro atoms. The van der Waals surface area contributed by atoms with E-state index in [0.717, 1.165) is 135 Å². The lowest BCUT2D eigenvalue weighted by molar-refractivity contribution is -0.167. The second-order valence-corrected chi connectivity index (χ2v) is 20.9. The second-order valence-electron chi connectivity index (χ2n) is 20.9. The number of carbonyl (C=O) groups excluding carboxylic acids is 3. The van der Waals surface area contributed by atoms with Crippen LogP contribution in [-0.2, 0) is 28.6 Å². The SMILES string of the molecule is CC/C=C\C/C=C\C/C=C\C/C=C\CCCCCCCCC(=O)OC(COC(=O)CCCCCCC/C=C\C/C=C\CCCC)COC(=O)CCCCCCCCCCCC/C=C\C/C=C\C/C=C\CCCCCCC. The van der Waals surface area contributed by atoms with Crippen LogP contribution < -0.4 is 0 Å². The van der Waals surface area contributed by atoms with Crippen molar-refractivity contribution in [1.29, 1.82) is 0 Å². The van der Waals surface area contributed by atoms with Crippen molar-refractivity contribution in [2.45, 2.75) is 303 Å². The molecule has 76 heavy (non-hydrogen) atoms. The van der Waals surface area contributed by atoms with Crippen LogP contribution in [-0.4, -0.2) is 37.2 Å². The Morgan fingerprint density at radius 2 is 0.526 bits per heavy atom. The zero-order valence-corrected chi connectivity index (χ0v) is 49.7. The van der Waals surface area contributed by atoms with Gasteiger partial charge in [-0.25, -0.2) is 0 Å². The van der Waals surface area contributed by atoms with Gasteiger partial charge in [0.05, 0.1) is 0 Å². The van der Waals surface area contributed by atoms with E-state index in [0.29, 0.717) is 19.3 Å². The molecule has 0 radical (unpaired) electrons. The molecule has 0 rings (SSSR count). The molecule has 6 heteroatoms. The average molecular weight is 1060 g/mol. The smallest absolute Gasteiger partial charge is 0.306 e. The third kappa shape index (κ3) is 60.9. The Labute approximate surface area is 470 Å². The van der Waals surface area contributed by atoms with E-state index in [1.165, 1.54) is 122 Å². The fraction of sp³-hybridized carbons (Fsp3) is 0.700. The quantitative estimate of drug-likeness (QED) is 0.0261. The highest BCUT2D eigenvalue weighted by Gasteiger charge is 2.19. The molecule has 0 aliphatic carbocycles. The molecule has 0 aliphatic rings. The molecule has 0 bridgehead atoms. The van der Waals surface area contributed by atoms with Crippen LogP contribution in [0.15, 0.2) is 109 Å². The van der Waals surface area contributed by atoms with Crippen LogP contribution in [0.25, 0.3) is 0 Å². The first-order valence-corrected chi connectivity index (χ1v) is 31.9. The molecule has 0 fully saturated rings. The van der Waals surface area contributed by atoms with Gasteiger partial charge in [-0.05, 0) is 122 Å². The highest BCUT2D eigenvalue weighted by Crippen LogP contribution is 2.15. The van der Waals surface area contributed by atoms with E-state index >= 15 is 0 Å². The number of unbranched alkanes of at least 4 members (excludes halogenated alkanes) is 28. The van der Waals surface area contributed by atoms with Crippen LogP contribution >= 0.6 is 0 Å². The zero-order valence-electron chi connectivity index (χ0n) is 49.7. The number of carbonyl (C=O) groups is 3. The molecule has 434 valence electrons. The van der Waals surface area contributed by atoms with Crippen LogP contribution in [0.5, 0.6) is 0 Å². The van der Waals surface area contributed by atoms with Crippen molar-refractivity contribution in [3.63, 3.8) is 0 Å². The van der Waals surface area contributed by atoms with Crippen molar-refractivity contribution < 1.29 is 28.6 Å². The topological polar surface area (TPSA) is 78.9 Å². The molecular formula is C70H118O6. The number of rotatable bonds is 57. The molecule has 6 nitrogen and oxygen atoms in total. The highest BCUT2D eigenvalue weighted by atomic mass is 16.6. The van der Waals surface area contributed by atoms with Crippen molar-refractivity contribution >= 4 is 17.9 Å². The highest BCUT2D eigenvalue weighted by molar-refractivity contribution is 5.71. The third-order valence-electron chi connectivity index (χ3n) is 13.5. The maximum Gasteiger partial charge on any atom is 0.306 e. The van der Waals surface area contributed by atoms with E-state index in [4.69, 9.17) is 14.2 Å². The predicted octanol–water partition coefficient (Wildman–Crippen LogP) is 21.8. The molecule has 0 heterocycles. The minimum Gasteiger partial charge on any atom is -0.462 e. The lowest BCUT2D eigenvalue weighted by atomic mass is 10.1. The van der Waals surface area contributed by atoms with Gasteiger partial charge in [-0.15, -0.1) is 0 Å². The first kappa shape index (κ1) is 72.1. The number of esters is 3. The van der Waals surface area contributed by atoms with Crippen molar-refractivity contribution in [3.05, 3.63) is 109 Å². The monoisotopic (exact) mass is 1050 g/mol. The molecule has 0 amide bonds. The summed E-state index contributed by atoms with van der Waals surface area (Å²) in [7, 11) is 0. The fourth-order valence-electron chi connectivity index (χ4n) is 8.69. The van der Waals surface area contributed by atoms with Crippen molar-refractivity contribution in [3.8, 4) is 0 Å². The van der Waals surface area contributed by atoms with E-state index in [1.807, 2.05) is 0 Å². The maximum atomic E-state index is 12.9. The molecule has 0 aromatic heterocycles. The summed E-state index contributed by atoms with van der Waals surface area (Å²) in [6.07, 6.45) is 86.6. The zero-order chi connectivity index (χ0) is 55.0. The Hall–Kier alpha value is -3.93.